The van der Waals surface area contributed by atoms with Gasteiger partial charge in [-0.1, -0.05) is 6.07 Å². The molecule has 0 atom stereocenters. The first-order valence-electron chi connectivity index (χ1n) is 5.63. The fourth-order valence-corrected chi connectivity index (χ4v) is 1.96. The number of nitrogens with one attached hydrogen (secondary N) is 1. The van der Waals surface area contributed by atoms with Crippen LogP contribution in [0.25, 0.3) is 0 Å². The molecule has 0 saturated heterocycles. The standard InChI is InChI=1S/C11H14N6O2/c1-7-10(17(18)19)8(2)16(15-7)6-9-4-3-5-13-11(9)14-12/h3-5H,6,12H2,1-2H3,(H,13,14). The molecule has 19 heavy (non-hydrogen) atoms. The van der Waals surface area contributed by atoms with Crippen molar-refractivity contribution in [2.75, 3.05) is 5.43 Å². The lowest BCUT2D eigenvalue weighted by atomic mass is 10.2. The monoisotopic (exact) mass is 262 g/mol. The van der Waals surface area contributed by atoms with E-state index in [1.807, 2.05) is 6.07 Å². The Morgan fingerprint density at radius 3 is 2.84 bits per heavy atom. The lowest BCUT2D eigenvalue weighted by Crippen LogP contribution is -2.13. The van der Waals surface area contributed by atoms with Gasteiger partial charge in [0.15, 0.2) is 0 Å². The first-order valence-corrected chi connectivity index (χ1v) is 5.63. The number of pyridine rings is 1. The fraction of sp³-hybridized carbons (Fsp3) is 0.273. The van der Waals surface area contributed by atoms with Crippen LogP contribution in [0.15, 0.2) is 18.3 Å². The van der Waals surface area contributed by atoms with Crippen LogP contribution in [0.1, 0.15) is 17.0 Å². The lowest BCUT2D eigenvalue weighted by molar-refractivity contribution is -0.386. The Labute approximate surface area is 109 Å². The van der Waals surface area contributed by atoms with Crippen LogP contribution in [0.2, 0.25) is 0 Å². The Morgan fingerprint density at radius 1 is 1.53 bits per heavy atom. The quantitative estimate of drug-likeness (QED) is 0.485. The molecule has 0 fully saturated rings. The summed E-state index contributed by atoms with van der Waals surface area (Å²) in [5, 5.41) is 15.1. The molecule has 0 amide bonds. The van der Waals surface area contributed by atoms with E-state index in [0.29, 0.717) is 23.8 Å². The topological polar surface area (TPSA) is 112 Å². The van der Waals surface area contributed by atoms with Gasteiger partial charge in [-0.15, -0.1) is 0 Å². The number of anilines is 1. The van der Waals surface area contributed by atoms with E-state index < -0.39 is 4.92 Å². The summed E-state index contributed by atoms with van der Waals surface area (Å²) in [6, 6.07) is 3.61. The molecule has 3 N–H and O–H groups in total. The van der Waals surface area contributed by atoms with Gasteiger partial charge in [-0.3, -0.25) is 14.8 Å². The normalized spacial score (nSPS) is 10.5. The van der Waals surface area contributed by atoms with Crippen molar-refractivity contribution in [2.24, 2.45) is 5.84 Å². The van der Waals surface area contributed by atoms with Crippen molar-refractivity contribution in [1.29, 1.82) is 0 Å². The molecular formula is C11H14N6O2. The van der Waals surface area contributed by atoms with Gasteiger partial charge in [0.25, 0.3) is 0 Å². The number of nitrogens with zero attached hydrogens (tertiary/aromatic N) is 4. The molecule has 8 heteroatoms. The number of hydrogen-bond acceptors (Lipinski definition) is 6. The van der Waals surface area contributed by atoms with Crippen LogP contribution in [0.3, 0.4) is 0 Å². The third-order valence-electron chi connectivity index (χ3n) is 2.87. The van der Waals surface area contributed by atoms with Crippen molar-refractivity contribution in [3.8, 4) is 0 Å². The zero-order valence-electron chi connectivity index (χ0n) is 10.6. The van der Waals surface area contributed by atoms with Gasteiger partial charge in [0.1, 0.15) is 17.2 Å². The molecule has 100 valence electrons. The number of nitrogen functional groups attached to an aromatic ring is 1. The molecule has 0 saturated carbocycles. The van der Waals surface area contributed by atoms with E-state index in [2.05, 4.69) is 15.5 Å². The van der Waals surface area contributed by atoms with Gasteiger partial charge in [-0.2, -0.15) is 5.10 Å². The molecule has 0 unspecified atom stereocenters. The number of hydrazine groups is 1. The minimum absolute atomic E-state index is 0.0474. The zero-order valence-corrected chi connectivity index (χ0v) is 10.6. The van der Waals surface area contributed by atoms with Crippen molar-refractivity contribution >= 4 is 11.5 Å². The van der Waals surface area contributed by atoms with Crippen molar-refractivity contribution in [3.63, 3.8) is 0 Å². The first-order chi connectivity index (χ1) is 9.04. The van der Waals surface area contributed by atoms with Crippen molar-refractivity contribution in [1.82, 2.24) is 14.8 Å². The molecule has 2 aromatic rings. The van der Waals surface area contributed by atoms with Gasteiger partial charge in [0.05, 0.1) is 11.5 Å². The van der Waals surface area contributed by atoms with Crippen LogP contribution >= 0.6 is 0 Å². The summed E-state index contributed by atoms with van der Waals surface area (Å²) in [7, 11) is 0. The second kappa shape index (κ2) is 5.02. The SMILES string of the molecule is Cc1nn(Cc2cccnc2NN)c(C)c1[N+](=O)[O-]. The smallest absolute Gasteiger partial charge is 0.308 e. The number of rotatable bonds is 4. The second-order valence-corrected chi connectivity index (χ2v) is 4.09. The highest BCUT2D eigenvalue weighted by Gasteiger charge is 2.22. The van der Waals surface area contributed by atoms with Crippen LogP contribution in [0.5, 0.6) is 0 Å². The Morgan fingerprint density at radius 2 is 2.26 bits per heavy atom. The Kier molecular flexibility index (Phi) is 3.43. The number of nitrogens with two attached hydrogens (primary N) is 1. The van der Waals surface area contributed by atoms with E-state index in [1.54, 1.807) is 30.8 Å². The number of aromatic nitrogens is 3. The molecule has 0 aliphatic carbocycles. The molecule has 0 aliphatic rings. The van der Waals surface area contributed by atoms with Gasteiger partial charge in [-0.25, -0.2) is 10.8 Å². The Bertz CT molecular complexity index is 622. The number of hydrogen-bond donors (Lipinski definition) is 2. The molecular weight excluding hydrogens is 248 g/mol. The van der Waals surface area contributed by atoms with Gasteiger partial charge in [-0.05, 0) is 19.9 Å². The van der Waals surface area contributed by atoms with Crippen LogP contribution in [0.4, 0.5) is 11.5 Å². The largest absolute Gasteiger partial charge is 0.312 e. The summed E-state index contributed by atoms with van der Waals surface area (Å²) in [4.78, 5) is 14.6. The van der Waals surface area contributed by atoms with E-state index in [0.717, 1.165) is 5.56 Å². The molecule has 0 radical (unpaired) electrons. The summed E-state index contributed by atoms with van der Waals surface area (Å²) < 4.78 is 1.57. The molecule has 0 spiro atoms. The van der Waals surface area contributed by atoms with E-state index >= 15 is 0 Å². The number of aryl methyl sites for hydroxylation is 1. The summed E-state index contributed by atoms with van der Waals surface area (Å²) in [6.45, 7) is 3.66. The predicted octanol–water partition coefficient (Wildman–Crippen LogP) is 1.14. The van der Waals surface area contributed by atoms with Gasteiger partial charge >= 0.3 is 5.69 Å². The summed E-state index contributed by atoms with van der Waals surface area (Å²) in [6.07, 6.45) is 1.61. The summed E-state index contributed by atoms with van der Waals surface area (Å²) in [5.74, 6) is 5.90. The van der Waals surface area contributed by atoms with Crippen molar-refractivity contribution in [2.45, 2.75) is 20.4 Å². The average Bonchev–Trinajstić information content (AvgIpc) is 2.65. The second-order valence-electron chi connectivity index (χ2n) is 4.09. The van der Waals surface area contributed by atoms with Gasteiger partial charge < -0.3 is 5.43 Å². The molecule has 2 rings (SSSR count). The van der Waals surface area contributed by atoms with Crippen LogP contribution < -0.4 is 11.3 Å². The highest BCUT2D eigenvalue weighted by Crippen LogP contribution is 2.23. The molecule has 2 heterocycles. The van der Waals surface area contributed by atoms with Crippen LogP contribution in [-0.2, 0) is 6.54 Å². The molecule has 8 nitrogen and oxygen atoms in total. The highest BCUT2D eigenvalue weighted by molar-refractivity contribution is 5.44. The van der Waals surface area contributed by atoms with E-state index in [-0.39, 0.29) is 5.69 Å². The van der Waals surface area contributed by atoms with Crippen LogP contribution in [-0.4, -0.2) is 19.7 Å². The highest BCUT2D eigenvalue weighted by atomic mass is 16.6. The number of nitro groups is 1. The Balaban J connectivity index is 2.39. The zero-order chi connectivity index (χ0) is 14.0. The van der Waals surface area contributed by atoms with E-state index in [1.165, 1.54) is 0 Å². The summed E-state index contributed by atoms with van der Waals surface area (Å²) in [5.41, 5.74) is 4.26. The maximum Gasteiger partial charge on any atom is 0.312 e. The third kappa shape index (κ3) is 2.38. The summed E-state index contributed by atoms with van der Waals surface area (Å²) >= 11 is 0. The first kappa shape index (κ1) is 13.0. The lowest BCUT2D eigenvalue weighted by Gasteiger charge is -2.08. The van der Waals surface area contributed by atoms with E-state index in [4.69, 9.17) is 5.84 Å². The average molecular weight is 262 g/mol. The maximum atomic E-state index is 10.9. The van der Waals surface area contributed by atoms with Gasteiger partial charge in [0.2, 0.25) is 0 Å². The van der Waals surface area contributed by atoms with Crippen molar-refractivity contribution < 1.29 is 4.92 Å². The van der Waals surface area contributed by atoms with Crippen molar-refractivity contribution in [3.05, 3.63) is 45.4 Å². The molecule has 0 aliphatic heterocycles. The van der Waals surface area contributed by atoms with E-state index in [9.17, 15) is 10.1 Å². The minimum atomic E-state index is -0.417. The van der Waals surface area contributed by atoms with Crippen LogP contribution in [0, 0.1) is 24.0 Å². The molecule has 0 aromatic carbocycles. The Hall–Kier alpha value is -2.48. The predicted molar refractivity (Wildman–Crippen MR) is 69.5 cm³/mol. The molecule has 0 bridgehead atoms. The minimum Gasteiger partial charge on any atom is -0.308 e. The third-order valence-corrected chi connectivity index (χ3v) is 2.87. The maximum absolute atomic E-state index is 10.9. The van der Waals surface area contributed by atoms with Gasteiger partial charge in [0, 0.05) is 11.8 Å². The fourth-order valence-electron chi connectivity index (χ4n) is 1.96. The molecule has 2 aromatic heterocycles.